The number of hydrogen-bond acceptors (Lipinski definition) is 4. The van der Waals surface area contributed by atoms with Gasteiger partial charge in [-0.05, 0) is 37.1 Å². The van der Waals surface area contributed by atoms with Crippen LogP contribution in [0.25, 0.3) is 0 Å². The lowest BCUT2D eigenvalue weighted by molar-refractivity contribution is -0.118. The standard InChI is InChI=1S/C20H20N2O2S/c1-14-6-8-16(9-7-14)11-18-12-21-20(25-18)22-19(23)13-24-17-5-3-4-15(2)10-17/h3-10,12H,11,13H2,1-2H3,(H,21,22,23). The van der Waals surface area contributed by atoms with E-state index in [1.54, 1.807) is 0 Å². The van der Waals surface area contributed by atoms with Gasteiger partial charge in [-0.1, -0.05) is 42.0 Å². The third-order valence-electron chi connectivity index (χ3n) is 3.66. The van der Waals surface area contributed by atoms with E-state index in [0.717, 1.165) is 16.9 Å². The lowest BCUT2D eigenvalue weighted by Gasteiger charge is -2.06. The maximum Gasteiger partial charge on any atom is 0.264 e. The van der Waals surface area contributed by atoms with E-state index in [2.05, 4.69) is 41.5 Å². The molecule has 0 bridgehead atoms. The molecule has 1 N–H and O–H groups in total. The van der Waals surface area contributed by atoms with Crippen LogP contribution in [0.3, 0.4) is 0 Å². The molecule has 25 heavy (non-hydrogen) atoms. The van der Waals surface area contributed by atoms with Gasteiger partial charge < -0.3 is 4.74 Å². The van der Waals surface area contributed by atoms with Gasteiger partial charge in [-0.3, -0.25) is 10.1 Å². The first-order valence-electron chi connectivity index (χ1n) is 8.08. The van der Waals surface area contributed by atoms with E-state index >= 15 is 0 Å². The quantitative estimate of drug-likeness (QED) is 0.717. The number of thiazole rings is 1. The Kier molecular flexibility index (Phi) is 5.46. The summed E-state index contributed by atoms with van der Waals surface area (Å²) >= 11 is 1.49. The molecule has 2 aromatic carbocycles. The number of nitrogens with zero attached hydrogens (tertiary/aromatic N) is 1. The molecule has 128 valence electrons. The fraction of sp³-hybridized carbons (Fsp3) is 0.200. The van der Waals surface area contributed by atoms with Crippen molar-refractivity contribution in [2.45, 2.75) is 20.3 Å². The summed E-state index contributed by atoms with van der Waals surface area (Å²) in [6.45, 7) is 4.03. The third kappa shape index (κ3) is 5.16. The summed E-state index contributed by atoms with van der Waals surface area (Å²) in [7, 11) is 0. The average Bonchev–Trinajstić information content (AvgIpc) is 3.02. The third-order valence-corrected chi connectivity index (χ3v) is 4.57. The Morgan fingerprint density at radius 3 is 2.68 bits per heavy atom. The zero-order valence-corrected chi connectivity index (χ0v) is 15.1. The van der Waals surface area contributed by atoms with Crippen molar-refractivity contribution < 1.29 is 9.53 Å². The van der Waals surface area contributed by atoms with Crippen molar-refractivity contribution in [1.82, 2.24) is 4.98 Å². The van der Waals surface area contributed by atoms with Gasteiger partial charge in [0.15, 0.2) is 11.7 Å². The highest BCUT2D eigenvalue weighted by Crippen LogP contribution is 2.21. The van der Waals surface area contributed by atoms with Crippen molar-refractivity contribution in [3.05, 3.63) is 76.3 Å². The number of aryl methyl sites for hydroxylation is 2. The van der Waals surface area contributed by atoms with E-state index in [4.69, 9.17) is 4.74 Å². The smallest absolute Gasteiger partial charge is 0.264 e. The molecule has 3 aromatic rings. The van der Waals surface area contributed by atoms with Crippen molar-refractivity contribution >= 4 is 22.4 Å². The van der Waals surface area contributed by atoms with E-state index < -0.39 is 0 Å². The molecule has 5 heteroatoms. The van der Waals surface area contributed by atoms with Gasteiger partial charge in [0.1, 0.15) is 5.75 Å². The van der Waals surface area contributed by atoms with E-state index in [1.807, 2.05) is 37.4 Å². The van der Waals surface area contributed by atoms with Crippen LogP contribution in [0.1, 0.15) is 21.6 Å². The second-order valence-corrected chi connectivity index (χ2v) is 7.06. The normalized spacial score (nSPS) is 10.5. The van der Waals surface area contributed by atoms with Crippen LogP contribution in [0, 0.1) is 13.8 Å². The maximum atomic E-state index is 12.0. The molecule has 0 atom stereocenters. The van der Waals surface area contributed by atoms with Crippen LogP contribution in [0.4, 0.5) is 5.13 Å². The number of nitrogens with one attached hydrogen (secondary N) is 1. The van der Waals surface area contributed by atoms with Gasteiger partial charge in [0.25, 0.3) is 5.91 Å². The van der Waals surface area contributed by atoms with Gasteiger partial charge in [-0.2, -0.15) is 0 Å². The predicted molar refractivity (Wildman–Crippen MR) is 101 cm³/mol. The van der Waals surface area contributed by atoms with Gasteiger partial charge >= 0.3 is 0 Å². The van der Waals surface area contributed by atoms with Gasteiger partial charge in [0, 0.05) is 17.5 Å². The SMILES string of the molecule is Cc1ccc(Cc2cnc(NC(=O)COc3cccc(C)c3)s2)cc1. The van der Waals surface area contributed by atoms with Gasteiger partial charge in [-0.25, -0.2) is 4.98 Å². The highest BCUT2D eigenvalue weighted by atomic mass is 32.1. The Labute approximate surface area is 151 Å². The number of benzene rings is 2. The van der Waals surface area contributed by atoms with Crippen LogP contribution < -0.4 is 10.1 Å². The second-order valence-electron chi connectivity index (χ2n) is 5.95. The average molecular weight is 352 g/mol. The molecule has 0 saturated carbocycles. The molecule has 0 aliphatic heterocycles. The largest absolute Gasteiger partial charge is 0.484 e. The zero-order valence-electron chi connectivity index (χ0n) is 14.3. The summed E-state index contributed by atoms with van der Waals surface area (Å²) in [5.74, 6) is 0.479. The fourth-order valence-electron chi connectivity index (χ4n) is 2.36. The molecule has 0 radical (unpaired) electrons. The molecule has 0 fully saturated rings. The first kappa shape index (κ1) is 17.2. The van der Waals surface area contributed by atoms with Gasteiger partial charge in [-0.15, -0.1) is 11.3 Å². The maximum absolute atomic E-state index is 12.0. The van der Waals surface area contributed by atoms with Crippen LogP contribution >= 0.6 is 11.3 Å². The first-order chi connectivity index (χ1) is 12.1. The van der Waals surface area contributed by atoms with Gasteiger partial charge in [0.05, 0.1) is 0 Å². The lowest BCUT2D eigenvalue weighted by atomic mass is 10.1. The summed E-state index contributed by atoms with van der Waals surface area (Å²) in [5.41, 5.74) is 3.57. The molecule has 0 aliphatic rings. The van der Waals surface area contributed by atoms with Crippen LogP contribution in [0.2, 0.25) is 0 Å². The molecule has 1 amide bonds. The number of rotatable bonds is 6. The monoisotopic (exact) mass is 352 g/mol. The van der Waals surface area contributed by atoms with Crippen LogP contribution in [-0.4, -0.2) is 17.5 Å². The lowest BCUT2D eigenvalue weighted by Crippen LogP contribution is -2.19. The van der Waals surface area contributed by atoms with Crippen LogP contribution in [-0.2, 0) is 11.2 Å². The molecule has 0 spiro atoms. The van der Waals surface area contributed by atoms with E-state index in [-0.39, 0.29) is 12.5 Å². The first-order valence-corrected chi connectivity index (χ1v) is 8.90. The van der Waals surface area contributed by atoms with Crippen molar-refractivity contribution in [3.63, 3.8) is 0 Å². The molecule has 4 nitrogen and oxygen atoms in total. The molecule has 0 unspecified atom stereocenters. The Balaban J connectivity index is 1.52. The highest BCUT2D eigenvalue weighted by molar-refractivity contribution is 7.15. The summed E-state index contributed by atoms with van der Waals surface area (Å²) in [4.78, 5) is 17.4. The van der Waals surface area contributed by atoms with E-state index in [0.29, 0.717) is 10.9 Å². The van der Waals surface area contributed by atoms with Crippen molar-refractivity contribution in [3.8, 4) is 5.75 Å². The van der Waals surface area contributed by atoms with Gasteiger partial charge in [0.2, 0.25) is 0 Å². The number of anilines is 1. The molecular weight excluding hydrogens is 332 g/mol. The fourth-order valence-corrected chi connectivity index (χ4v) is 3.23. The Morgan fingerprint density at radius 1 is 1.12 bits per heavy atom. The molecule has 1 aromatic heterocycles. The number of hydrogen-bond donors (Lipinski definition) is 1. The molecule has 3 rings (SSSR count). The minimum Gasteiger partial charge on any atom is -0.484 e. The molecule has 0 saturated heterocycles. The van der Waals surface area contributed by atoms with Crippen molar-refractivity contribution in [2.75, 3.05) is 11.9 Å². The van der Waals surface area contributed by atoms with Crippen molar-refractivity contribution in [2.24, 2.45) is 0 Å². The summed E-state index contributed by atoms with van der Waals surface area (Å²) in [6, 6.07) is 16.0. The second kappa shape index (κ2) is 7.94. The Morgan fingerprint density at radius 2 is 1.92 bits per heavy atom. The Hall–Kier alpha value is -2.66. The summed E-state index contributed by atoms with van der Waals surface area (Å²) in [5, 5.41) is 3.38. The minimum atomic E-state index is -0.210. The topological polar surface area (TPSA) is 51.2 Å². The van der Waals surface area contributed by atoms with Crippen LogP contribution in [0.15, 0.2) is 54.7 Å². The minimum absolute atomic E-state index is 0.0314. The van der Waals surface area contributed by atoms with Crippen LogP contribution in [0.5, 0.6) is 5.75 Å². The van der Waals surface area contributed by atoms with Crippen molar-refractivity contribution in [1.29, 1.82) is 0 Å². The van der Waals surface area contributed by atoms with E-state index in [1.165, 1.54) is 22.5 Å². The number of ether oxygens (including phenoxy) is 1. The Bertz CT molecular complexity index is 856. The number of carbonyl (C=O) groups is 1. The summed E-state index contributed by atoms with van der Waals surface area (Å²) in [6.07, 6.45) is 2.62. The number of amides is 1. The summed E-state index contributed by atoms with van der Waals surface area (Å²) < 4.78 is 5.50. The predicted octanol–water partition coefficient (Wildman–Crippen LogP) is 4.37. The number of carbonyl (C=O) groups excluding carboxylic acids is 1. The molecule has 1 heterocycles. The number of aromatic nitrogens is 1. The van der Waals surface area contributed by atoms with E-state index in [9.17, 15) is 4.79 Å². The molecule has 0 aliphatic carbocycles. The zero-order chi connectivity index (χ0) is 17.6. The molecular formula is C20H20N2O2S. The highest BCUT2D eigenvalue weighted by Gasteiger charge is 2.08.